The number of hydrogen-bond donors (Lipinski definition) is 1. The van der Waals surface area contributed by atoms with Gasteiger partial charge in [0.1, 0.15) is 5.75 Å². The predicted molar refractivity (Wildman–Crippen MR) is 107 cm³/mol. The van der Waals surface area contributed by atoms with Gasteiger partial charge in [0.15, 0.2) is 11.5 Å². The molecule has 0 heterocycles. The van der Waals surface area contributed by atoms with E-state index in [0.29, 0.717) is 36.0 Å². The number of anilines is 1. The number of hydrogen-bond acceptors (Lipinski definition) is 7. The van der Waals surface area contributed by atoms with E-state index in [2.05, 4.69) is 5.32 Å². The van der Waals surface area contributed by atoms with Gasteiger partial charge in [-0.05, 0) is 25.1 Å². The maximum Gasteiger partial charge on any atom is 0.340 e. The van der Waals surface area contributed by atoms with Crippen LogP contribution in [0.3, 0.4) is 0 Å². The molecule has 0 aliphatic rings. The molecule has 0 bridgehead atoms. The topological polar surface area (TPSA) is 92.3 Å². The molecular weight excluding hydrogens is 378 g/mol. The summed E-state index contributed by atoms with van der Waals surface area (Å²) < 4.78 is 26.0. The van der Waals surface area contributed by atoms with Crippen molar-refractivity contribution in [2.45, 2.75) is 13.5 Å². The molecule has 0 aromatic heterocycles. The van der Waals surface area contributed by atoms with E-state index < -0.39 is 11.9 Å². The molecule has 1 N–H and O–H groups in total. The average Bonchev–Trinajstić information content (AvgIpc) is 2.74. The summed E-state index contributed by atoms with van der Waals surface area (Å²) in [6, 6.07) is 7.99. The van der Waals surface area contributed by atoms with Crippen molar-refractivity contribution in [1.29, 1.82) is 0 Å². The van der Waals surface area contributed by atoms with Crippen molar-refractivity contribution < 1.29 is 33.3 Å². The molecule has 156 valence electrons. The Hall–Kier alpha value is -3.26. The average molecular weight is 403 g/mol. The van der Waals surface area contributed by atoms with Gasteiger partial charge in [-0.3, -0.25) is 4.79 Å². The second-order valence-electron chi connectivity index (χ2n) is 5.89. The van der Waals surface area contributed by atoms with Crippen molar-refractivity contribution in [3.63, 3.8) is 0 Å². The third-order valence-electron chi connectivity index (χ3n) is 4.10. The van der Waals surface area contributed by atoms with E-state index >= 15 is 0 Å². The van der Waals surface area contributed by atoms with E-state index in [0.717, 1.165) is 5.56 Å². The second-order valence-corrected chi connectivity index (χ2v) is 5.89. The molecule has 8 heteroatoms. The van der Waals surface area contributed by atoms with Crippen LogP contribution in [-0.2, 0) is 16.1 Å². The molecule has 1 amide bonds. The minimum atomic E-state index is -0.618. The fourth-order valence-corrected chi connectivity index (χ4v) is 2.74. The number of ether oxygens (including phenoxy) is 5. The lowest BCUT2D eigenvalue weighted by molar-refractivity contribution is 0.0601. The van der Waals surface area contributed by atoms with Crippen LogP contribution in [0.2, 0.25) is 0 Å². The molecule has 8 nitrogen and oxygen atoms in total. The van der Waals surface area contributed by atoms with E-state index in [1.165, 1.54) is 33.5 Å². The van der Waals surface area contributed by atoms with E-state index in [-0.39, 0.29) is 11.3 Å². The van der Waals surface area contributed by atoms with E-state index in [9.17, 15) is 9.59 Å². The van der Waals surface area contributed by atoms with Gasteiger partial charge in [-0.15, -0.1) is 0 Å². The third kappa shape index (κ3) is 5.17. The van der Waals surface area contributed by atoms with Gasteiger partial charge < -0.3 is 29.0 Å². The SMILES string of the molecule is CCOc1ccc(C(=O)Nc2cc(OC)c(OC)cc2C(=O)OC)cc1COC. The van der Waals surface area contributed by atoms with Crippen molar-refractivity contribution in [1.82, 2.24) is 0 Å². The van der Waals surface area contributed by atoms with Gasteiger partial charge in [-0.1, -0.05) is 0 Å². The summed E-state index contributed by atoms with van der Waals surface area (Å²) in [5.41, 5.74) is 1.50. The van der Waals surface area contributed by atoms with Gasteiger partial charge in [-0.25, -0.2) is 4.79 Å². The Morgan fingerprint density at radius 3 is 2.21 bits per heavy atom. The van der Waals surface area contributed by atoms with Gasteiger partial charge in [0.05, 0.1) is 45.8 Å². The highest BCUT2D eigenvalue weighted by Gasteiger charge is 2.20. The number of carbonyl (C=O) groups excluding carboxylic acids is 2. The van der Waals surface area contributed by atoms with Crippen LogP contribution < -0.4 is 19.5 Å². The van der Waals surface area contributed by atoms with E-state index in [4.69, 9.17) is 23.7 Å². The number of esters is 1. The Balaban J connectivity index is 2.41. The molecule has 2 aromatic carbocycles. The highest BCUT2D eigenvalue weighted by Crippen LogP contribution is 2.34. The number of nitrogens with one attached hydrogen (secondary N) is 1. The Labute approximate surface area is 169 Å². The van der Waals surface area contributed by atoms with Crippen molar-refractivity contribution in [2.75, 3.05) is 40.4 Å². The Morgan fingerprint density at radius 1 is 0.931 bits per heavy atom. The second kappa shape index (κ2) is 10.3. The summed E-state index contributed by atoms with van der Waals surface area (Å²) >= 11 is 0. The lowest BCUT2D eigenvalue weighted by atomic mass is 10.1. The Morgan fingerprint density at radius 2 is 1.62 bits per heavy atom. The fourth-order valence-electron chi connectivity index (χ4n) is 2.74. The summed E-state index contributed by atoms with van der Waals surface area (Å²) in [7, 11) is 5.74. The lowest BCUT2D eigenvalue weighted by Gasteiger charge is -2.15. The summed E-state index contributed by atoms with van der Waals surface area (Å²) in [6.45, 7) is 2.67. The quantitative estimate of drug-likeness (QED) is 0.642. The number of benzene rings is 2. The van der Waals surface area contributed by atoms with Crippen molar-refractivity contribution in [2.24, 2.45) is 0 Å². The lowest BCUT2D eigenvalue weighted by Crippen LogP contribution is -2.16. The monoisotopic (exact) mass is 403 g/mol. The van der Waals surface area contributed by atoms with Crippen molar-refractivity contribution in [3.05, 3.63) is 47.0 Å². The highest BCUT2D eigenvalue weighted by atomic mass is 16.5. The fraction of sp³-hybridized carbons (Fsp3) is 0.333. The molecule has 29 heavy (non-hydrogen) atoms. The number of rotatable bonds is 9. The molecule has 0 aliphatic carbocycles. The molecular formula is C21H25NO7. The molecule has 0 unspecified atom stereocenters. The van der Waals surface area contributed by atoms with Gasteiger partial charge in [0, 0.05) is 30.4 Å². The molecule has 0 saturated carbocycles. The summed E-state index contributed by atoms with van der Waals surface area (Å²) in [6.07, 6.45) is 0. The molecule has 0 saturated heterocycles. The molecule has 0 aliphatic heterocycles. The van der Waals surface area contributed by atoms with Crippen LogP contribution >= 0.6 is 0 Å². The van der Waals surface area contributed by atoms with Crippen molar-refractivity contribution in [3.8, 4) is 17.2 Å². The van der Waals surface area contributed by atoms with Crippen LogP contribution in [0.25, 0.3) is 0 Å². The molecule has 0 radical (unpaired) electrons. The molecule has 2 rings (SSSR count). The number of carbonyl (C=O) groups is 2. The van der Waals surface area contributed by atoms with Crippen LogP contribution in [0.15, 0.2) is 30.3 Å². The first-order chi connectivity index (χ1) is 14.0. The van der Waals surface area contributed by atoms with E-state index in [1.54, 1.807) is 25.3 Å². The van der Waals surface area contributed by atoms with Crippen LogP contribution in [0.4, 0.5) is 5.69 Å². The smallest absolute Gasteiger partial charge is 0.340 e. The molecule has 0 atom stereocenters. The van der Waals surface area contributed by atoms with Gasteiger partial charge in [0.2, 0.25) is 0 Å². The van der Waals surface area contributed by atoms with Gasteiger partial charge in [-0.2, -0.15) is 0 Å². The number of amides is 1. The number of methoxy groups -OCH3 is 4. The zero-order valence-electron chi connectivity index (χ0n) is 17.2. The first-order valence-corrected chi connectivity index (χ1v) is 8.89. The Bertz CT molecular complexity index is 880. The summed E-state index contributed by atoms with van der Waals surface area (Å²) in [4.78, 5) is 25.0. The summed E-state index contributed by atoms with van der Waals surface area (Å²) in [5.74, 6) is 0.319. The largest absolute Gasteiger partial charge is 0.494 e. The summed E-state index contributed by atoms with van der Waals surface area (Å²) in [5, 5.41) is 2.73. The molecule has 0 spiro atoms. The first kappa shape index (κ1) is 22.0. The van der Waals surface area contributed by atoms with Crippen LogP contribution in [0.1, 0.15) is 33.2 Å². The minimum absolute atomic E-state index is 0.140. The molecule has 0 fully saturated rings. The van der Waals surface area contributed by atoms with Crippen LogP contribution in [0.5, 0.6) is 17.2 Å². The normalized spacial score (nSPS) is 10.2. The van der Waals surface area contributed by atoms with Gasteiger partial charge >= 0.3 is 5.97 Å². The zero-order valence-corrected chi connectivity index (χ0v) is 17.2. The van der Waals surface area contributed by atoms with Gasteiger partial charge in [0.25, 0.3) is 5.91 Å². The molecule has 2 aromatic rings. The maximum atomic E-state index is 12.8. The van der Waals surface area contributed by atoms with E-state index in [1.807, 2.05) is 6.92 Å². The standard InChI is InChI=1S/C21H25NO7/c1-6-29-17-8-7-13(9-14(17)12-25-2)20(23)22-16-11-19(27-4)18(26-3)10-15(16)21(24)28-5/h7-11H,6,12H2,1-5H3,(H,22,23). The Kier molecular flexibility index (Phi) is 7.85. The zero-order chi connectivity index (χ0) is 21.4. The highest BCUT2D eigenvalue weighted by molar-refractivity contribution is 6.08. The minimum Gasteiger partial charge on any atom is -0.494 e. The predicted octanol–water partition coefficient (Wildman–Crippen LogP) is 3.29. The van der Waals surface area contributed by atoms with Crippen LogP contribution in [-0.4, -0.2) is 46.9 Å². The third-order valence-corrected chi connectivity index (χ3v) is 4.10. The van der Waals surface area contributed by atoms with Crippen LogP contribution in [0, 0.1) is 0 Å². The van der Waals surface area contributed by atoms with Crippen molar-refractivity contribution >= 4 is 17.6 Å². The first-order valence-electron chi connectivity index (χ1n) is 8.89. The maximum absolute atomic E-state index is 12.8.